The average Bonchev–Trinajstić information content (AvgIpc) is 2.77. The van der Waals surface area contributed by atoms with Crippen LogP contribution in [0.1, 0.15) is 23.5 Å². The van der Waals surface area contributed by atoms with Gasteiger partial charge in [-0.3, -0.25) is 0 Å². The molecule has 132 valence electrons. The summed E-state index contributed by atoms with van der Waals surface area (Å²) >= 11 is 0. The van der Waals surface area contributed by atoms with Gasteiger partial charge in [0.2, 0.25) is 0 Å². The number of fused-ring (bicyclic) bond motifs is 4. The van der Waals surface area contributed by atoms with Gasteiger partial charge in [0, 0.05) is 12.3 Å². The summed E-state index contributed by atoms with van der Waals surface area (Å²) in [4.78, 5) is 0. The van der Waals surface area contributed by atoms with Crippen molar-refractivity contribution in [2.24, 2.45) is 0 Å². The van der Waals surface area contributed by atoms with Crippen molar-refractivity contribution in [1.82, 2.24) is 0 Å². The molecular weight excluding hydrogens is 338 g/mol. The topological polar surface area (TPSA) is 23.8 Å². The second-order valence-corrected chi connectivity index (χ2v) is 7.22. The third-order valence-electron chi connectivity index (χ3n) is 5.67. The summed E-state index contributed by atoms with van der Waals surface area (Å²) in [7, 11) is 0. The first-order valence-electron chi connectivity index (χ1n) is 9.62. The van der Waals surface area contributed by atoms with Gasteiger partial charge in [-0.05, 0) is 43.4 Å². The lowest BCUT2D eigenvalue weighted by molar-refractivity contribution is 0.855. The van der Waals surface area contributed by atoms with E-state index < -0.39 is 0 Å². The molecule has 0 radical (unpaired) electrons. The van der Waals surface area contributed by atoms with Crippen LogP contribution in [0, 0.1) is 11.3 Å². The standard InChI is InChI=1S/C27H19N/c28-18-17-25(24-13-5-9-19-7-1-3-11-22(19)24)26-14-6-10-21-16-15-20-8-2-4-12-23(20)27(21)26/h1-16,25H,17H2. The molecule has 0 heterocycles. The van der Waals surface area contributed by atoms with Crippen molar-refractivity contribution in [3.8, 4) is 6.07 Å². The van der Waals surface area contributed by atoms with Crippen LogP contribution in [0.5, 0.6) is 0 Å². The van der Waals surface area contributed by atoms with Gasteiger partial charge in [0.1, 0.15) is 0 Å². The number of rotatable bonds is 3. The number of nitriles is 1. The van der Waals surface area contributed by atoms with E-state index in [0.29, 0.717) is 6.42 Å². The van der Waals surface area contributed by atoms with Gasteiger partial charge in [-0.15, -0.1) is 0 Å². The third-order valence-corrected chi connectivity index (χ3v) is 5.67. The lowest BCUT2D eigenvalue weighted by atomic mass is 9.82. The zero-order valence-corrected chi connectivity index (χ0v) is 15.5. The zero-order valence-electron chi connectivity index (χ0n) is 15.5. The monoisotopic (exact) mass is 357 g/mol. The zero-order chi connectivity index (χ0) is 18.9. The van der Waals surface area contributed by atoms with Crippen molar-refractivity contribution >= 4 is 32.3 Å². The highest BCUT2D eigenvalue weighted by atomic mass is 14.3. The summed E-state index contributed by atoms with van der Waals surface area (Å²) in [5.74, 6) is 0.0330. The van der Waals surface area contributed by atoms with Gasteiger partial charge in [-0.2, -0.15) is 5.26 Å². The van der Waals surface area contributed by atoms with Crippen LogP contribution in [0.25, 0.3) is 32.3 Å². The predicted molar refractivity (Wildman–Crippen MR) is 117 cm³/mol. The van der Waals surface area contributed by atoms with Gasteiger partial charge in [0.05, 0.1) is 6.07 Å². The molecule has 0 amide bonds. The molecule has 0 aliphatic heterocycles. The molecule has 0 bridgehead atoms. The molecule has 0 aliphatic rings. The molecule has 0 saturated carbocycles. The van der Waals surface area contributed by atoms with Crippen LogP contribution in [0.4, 0.5) is 0 Å². The number of hydrogen-bond acceptors (Lipinski definition) is 1. The lowest BCUT2D eigenvalue weighted by Crippen LogP contribution is -2.02. The molecule has 0 aliphatic carbocycles. The quantitative estimate of drug-likeness (QED) is 0.313. The summed E-state index contributed by atoms with van der Waals surface area (Å²) in [6.07, 6.45) is 0.455. The van der Waals surface area contributed by atoms with Gasteiger partial charge in [-0.1, -0.05) is 97.1 Å². The molecule has 1 nitrogen and oxygen atoms in total. The Kier molecular flexibility index (Phi) is 4.04. The number of benzene rings is 5. The third kappa shape index (κ3) is 2.63. The lowest BCUT2D eigenvalue weighted by Gasteiger charge is -2.20. The Morgan fingerprint density at radius 1 is 0.571 bits per heavy atom. The van der Waals surface area contributed by atoms with Crippen molar-refractivity contribution < 1.29 is 0 Å². The molecule has 1 unspecified atom stereocenters. The summed E-state index contributed by atoms with van der Waals surface area (Å²) in [6, 6.07) is 36.7. The molecular formula is C27H19N. The highest BCUT2D eigenvalue weighted by Crippen LogP contribution is 2.39. The molecule has 5 aromatic rings. The van der Waals surface area contributed by atoms with Crippen LogP contribution in [-0.4, -0.2) is 0 Å². The summed E-state index contributed by atoms with van der Waals surface area (Å²) in [5, 5.41) is 17.1. The van der Waals surface area contributed by atoms with Gasteiger partial charge < -0.3 is 0 Å². The summed E-state index contributed by atoms with van der Waals surface area (Å²) in [6.45, 7) is 0. The Balaban J connectivity index is 1.86. The second-order valence-electron chi connectivity index (χ2n) is 7.22. The predicted octanol–water partition coefficient (Wildman–Crippen LogP) is 7.19. The van der Waals surface area contributed by atoms with Crippen LogP contribution >= 0.6 is 0 Å². The molecule has 5 rings (SSSR count). The van der Waals surface area contributed by atoms with Crippen LogP contribution in [-0.2, 0) is 0 Å². The largest absolute Gasteiger partial charge is 0.198 e. The Bertz CT molecular complexity index is 1350. The van der Waals surface area contributed by atoms with E-state index in [1.807, 2.05) is 0 Å². The van der Waals surface area contributed by atoms with Crippen molar-refractivity contribution in [3.05, 3.63) is 108 Å². The Morgan fingerprint density at radius 3 is 1.93 bits per heavy atom. The summed E-state index contributed by atoms with van der Waals surface area (Å²) in [5.41, 5.74) is 2.45. The Hall–Kier alpha value is -3.63. The van der Waals surface area contributed by atoms with Gasteiger partial charge in [0.15, 0.2) is 0 Å². The van der Waals surface area contributed by atoms with E-state index in [0.717, 1.165) is 0 Å². The molecule has 1 heteroatoms. The fourth-order valence-electron chi connectivity index (χ4n) is 4.41. The highest BCUT2D eigenvalue weighted by molar-refractivity contribution is 6.09. The van der Waals surface area contributed by atoms with E-state index in [2.05, 4.69) is 103 Å². The molecule has 0 saturated heterocycles. The number of hydrogen-bond donors (Lipinski definition) is 0. The fraction of sp³-hybridized carbons (Fsp3) is 0.0741. The van der Waals surface area contributed by atoms with Crippen LogP contribution < -0.4 is 0 Å². The molecule has 5 aromatic carbocycles. The molecule has 0 spiro atoms. The average molecular weight is 357 g/mol. The van der Waals surface area contributed by atoms with E-state index in [4.69, 9.17) is 0 Å². The maximum Gasteiger partial charge on any atom is 0.0631 e. The first-order chi connectivity index (χ1) is 13.9. The fourth-order valence-corrected chi connectivity index (χ4v) is 4.41. The van der Waals surface area contributed by atoms with Gasteiger partial charge in [0.25, 0.3) is 0 Å². The van der Waals surface area contributed by atoms with E-state index in [1.54, 1.807) is 0 Å². The molecule has 0 aromatic heterocycles. The summed E-state index contributed by atoms with van der Waals surface area (Å²) < 4.78 is 0. The molecule has 28 heavy (non-hydrogen) atoms. The van der Waals surface area contributed by atoms with Crippen molar-refractivity contribution in [2.45, 2.75) is 12.3 Å². The van der Waals surface area contributed by atoms with Crippen LogP contribution in [0.15, 0.2) is 97.1 Å². The van der Waals surface area contributed by atoms with Crippen molar-refractivity contribution in [1.29, 1.82) is 5.26 Å². The normalized spacial score (nSPS) is 12.2. The molecule has 1 atom stereocenters. The SMILES string of the molecule is N#CCC(c1cccc2ccccc12)c1cccc2ccc3ccccc3c12. The first-order valence-corrected chi connectivity index (χ1v) is 9.62. The minimum atomic E-state index is 0.0330. The minimum Gasteiger partial charge on any atom is -0.198 e. The maximum atomic E-state index is 9.67. The van der Waals surface area contributed by atoms with Crippen molar-refractivity contribution in [3.63, 3.8) is 0 Å². The maximum absolute atomic E-state index is 9.67. The second kappa shape index (κ2) is 6.83. The van der Waals surface area contributed by atoms with Gasteiger partial charge >= 0.3 is 0 Å². The van der Waals surface area contributed by atoms with E-state index in [-0.39, 0.29) is 5.92 Å². The van der Waals surface area contributed by atoms with E-state index in [9.17, 15) is 5.26 Å². The first kappa shape index (κ1) is 16.5. The van der Waals surface area contributed by atoms with Gasteiger partial charge in [-0.25, -0.2) is 0 Å². The smallest absolute Gasteiger partial charge is 0.0631 e. The van der Waals surface area contributed by atoms with Crippen molar-refractivity contribution in [2.75, 3.05) is 0 Å². The van der Waals surface area contributed by atoms with E-state index >= 15 is 0 Å². The highest BCUT2D eigenvalue weighted by Gasteiger charge is 2.19. The minimum absolute atomic E-state index is 0.0330. The van der Waals surface area contributed by atoms with Crippen LogP contribution in [0.2, 0.25) is 0 Å². The Morgan fingerprint density at radius 2 is 1.14 bits per heavy atom. The van der Waals surface area contributed by atoms with E-state index in [1.165, 1.54) is 43.4 Å². The molecule has 0 fully saturated rings. The molecule has 0 N–H and O–H groups in total. The van der Waals surface area contributed by atoms with Crippen LogP contribution in [0.3, 0.4) is 0 Å². The number of nitrogens with zero attached hydrogens (tertiary/aromatic N) is 1. The Labute approximate surface area is 164 Å².